The molecule has 4 heteroatoms. The first kappa shape index (κ1) is 26.8. The minimum atomic E-state index is 0. The standard InChI is InChI=1S/Ca.Li.Mg.Zn.5H/q+2;+1;+2;;5*-1. The third kappa shape index (κ3) is 8.98. The van der Waals surface area contributed by atoms with E-state index in [1.165, 1.54) is 0 Å². The molecule has 0 aliphatic rings. The van der Waals surface area contributed by atoms with Gasteiger partial charge >= 0.3 is 79.7 Å². The van der Waals surface area contributed by atoms with Crippen LogP contribution in [0, 0.1) is 0 Å². The second kappa shape index (κ2) is 16.3. The molecule has 0 heterocycles. The van der Waals surface area contributed by atoms with Crippen LogP contribution in [0.4, 0.5) is 0 Å². The third-order valence-electron chi connectivity index (χ3n) is 0. The van der Waals surface area contributed by atoms with Crippen LogP contribution in [0.15, 0.2) is 0 Å². The molecule has 4 heavy (non-hydrogen) atoms. The van der Waals surface area contributed by atoms with Crippen LogP contribution in [0.25, 0.3) is 0 Å². The van der Waals surface area contributed by atoms with Crippen molar-refractivity contribution in [3.05, 3.63) is 0 Å². The predicted molar refractivity (Wildman–Crippen MR) is 17.1 cm³/mol. The van der Waals surface area contributed by atoms with Crippen LogP contribution in [-0.2, 0) is 19.5 Å². The molecule has 0 aromatic heterocycles. The molecule has 0 saturated carbocycles. The molecular formula is H5CaLiMgZn. The summed E-state index contributed by atoms with van der Waals surface area (Å²) in [6.45, 7) is 0. The molecule has 0 saturated heterocycles. The molecule has 12 valence electrons. The van der Waals surface area contributed by atoms with Crippen molar-refractivity contribution in [1.82, 2.24) is 0 Å². The van der Waals surface area contributed by atoms with Gasteiger partial charge < -0.3 is 7.13 Å². The zero-order valence-electron chi connectivity index (χ0n) is 8.12. The molecule has 0 atom stereocenters. The Labute approximate surface area is 104 Å². The van der Waals surface area contributed by atoms with Crippen molar-refractivity contribution in [3.63, 3.8) is 0 Å². The van der Waals surface area contributed by atoms with Gasteiger partial charge in [-0.2, -0.15) is 0 Å². The average molecular weight is 142 g/mol. The summed E-state index contributed by atoms with van der Waals surface area (Å²) in [5, 5.41) is 0. The Kier molecular flexibility index (Phi) is 109. The van der Waals surface area contributed by atoms with Crippen LogP contribution in [0.3, 0.4) is 0 Å². The average Bonchev–Trinajstić information content (AvgIpc) is 0. The smallest absolute Gasteiger partial charge is 1.00 e. The molecule has 0 unspecified atom stereocenters. The minimum absolute atomic E-state index is 0. The van der Waals surface area contributed by atoms with Crippen molar-refractivity contribution in [2.45, 2.75) is 0 Å². The van der Waals surface area contributed by atoms with Gasteiger partial charge in [-0.3, -0.25) is 0 Å². The molecule has 0 N–H and O–H groups in total. The van der Waals surface area contributed by atoms with Gasteiger partial charge in [-0.25, -0.2) is 0 Å². The zero-order chi connectivity index (χ0) is 0. The molecule has 0 bridgehead atoms. The van der Waals surface area contributed by atoms with E-state index in [2.05, 4.69) is 0 Å². The second-order valence-corrected chi connectivity index (χ2v) is 0. The van der Waals surface area contributed by atoms with Crippen LogP contribution in [0.5, 0.6) is 0 Å². The van der Waals surface area contributed by atoms with Crippen molar-refractivity contribution in [2.24, 2.45) is 0 Å². The van der Waals surface area contributed by atoms with Gasteiger partial charge in [0.25, 0.3) is 0 Å². The summed E-state index contributed by atoms with van der Waals surface area (Å²) >= 11 is 0. The minimum Gasteiger partial charge on any atom is -1.00 e. The van der Waals surface area contributed by atoms with Gasteiger partial charge in [0.05, 0.1) is 0 Å². The maximum Gasteiger partial charge on any atom is 2.00 e. The topological polar surface area (TPSA) is 0 Å². The van der Waals surface area contributed by atoms with E-state index >= 15 is 0 Å². The summed E-state index contributed by atoms with van der Waals surface area (Å²) < 4.78 is 0. The molecule has 0 spiro atoms. The van der Waals surface area contributed by atoms with Gasteiger partial charge in [0, 0.05) is 19.5 Å². The molecule has 0 amide bonds. The Morgan fingerprint density at radius 1 is 1.25 bits per heavy atom. The SMILES string of the molecule is [Ca+2].[H-].[H-].[H-].[H-].[H-].[Li+].[Mg+2].[Zn]. The van der Waals surface area contributed by atoms with Gasteiger partial charge in [0.15, 0.2) is 0 Å². The van der Waals surface area contributed by atoms with E-state index in [0.29, 0.717) is 0 Å². The van der Waals surface area contributed by atoms with Gasteiger partial charge in [0.1, 0.15) is 0 Å². The van der Waals surface area contributed by atoms with E-state index in [0.717, 1.165) is 0 Å². The van der Waals surface area contributed by atoms with E-state index < -0.39 is 0 Å². The fraction of sp³-hybridized carbons (Fsp3) is 0. The van der Waals surface area contributed by atoms with E-state index in [1.54, 1.807) is 0 Å². The van der Waals surface area contributed by atoms with Crippen molar-refractivity contribution < 1.29 is 45.5 Å². The van der Waals surface area contributed by atoms with Crippen molar-refractivity contribution in [3.8, 4) is 0 Å². The largest absolute Gasteiger partial charge is 2.00 e. The molecule has 0 aromatic rings. The molecule has 0 rings (SSSR count). The van der Waals surface area contributed by atoms with E-state index in [-0.39, 0.29) is 106 Å². The number of hydrogen-bond donors (Lipinski definition) is 0. The van der Waals surface area contributed by atoms with Crippen molar-refractivity contribution >= 4 is 60.8 Å². The van der Waals surface area contributed by atoms with Crippen LogP contribution >= 0.6 is 0 Å². The number of rotatable bonds is 0. The van der Waals surface area contributed by atoms with Crippen LogP contribution in [-0.4, -0.2) is 60.8 Å². The summed E-state index contributed by atoms with van der Waals surface area (Å²) in [6, 6.07) is 0. The van der Waals surface area contributed by atoms with Crippen LogP contribution in [0.2, 0.25) is 0 Å². The molecule has 0 radical (unpaired) electrons. The first-order chi connectivity index (χ1) is 0. The summed E-state index contributed by atoms with van der Waals surface area (Å²) in [7, 11) is 0. The second-order valence-electron chi connectivity index (χ2n) is 0. The van der Waals surface area contributed by atoms with Crippen molar-refractivity contribution in [2.75, 3.05) is 0 Å². The summed E-state index contributed by atoms with van der Waals surface area (Å²) in [6.07, 6.45) is 0. The van der Waals surface area contributed by atoms with Crippen LogP contribution < -0.4 is 18.9 Å². The monoisotopic (exact) mass is 140 g/mol. The first-order valence-electron chi connectivity index (χ1n) is 0. The van der Waals surface area contributed by atoms with Crippen LogP contribution in [0.1, 0.15) is 7.13 Å². The Morgan fingerprint density at radius 2 is 1.25 bits per heavy atom. The summed E-state index contributed by atoms with van der Waals surface area (Å²) in [4.78, 5) is 0. The summed E-state index contributed by atoms with van der Waals surface area (Å²) in [5.41, 5.74) is 0. The predicted octanol–water partition coefficient (Wildman–Crippen LogP) is -3.20. The van der Waals surface area contributed by atoms with Gasteiger partial charge in [-0.15, -0.1) is 0 Å². The Hall–Kier alpha value is 3.25. The maximum absolute atomic E-state index is 0. The molecule has 0 aliphatic carbocycles. The Morgan fingerprint density at radius 3 is 1.25 bits per heavy atom. The molecule has 0 fully saturated rings. The maximum atomic E-state index is 0. The fourth-order valence-corrected chi connectivity index (χ4v) is 0. The number of hydrogen-bond acceptors (Lipinski definition) is 0. The van der Waals surface area contributed by atoms with Gasteiger partial charge in [-0.05, 0) is 0 Å². The zero-order valence-corrected chi connectivity index (χ0v) is 9.71. The molecule has 0 aromatic carbocycles. The van der Waals surface area contributed by atoms with Gasteiger partial charge in [0.2, 0.25) is 0 Å². The van der Waals surface area contributed by atoms with E-state index in [9.17, 15) is 0 Å². The molecule has 0 nitrogen and oxygen atoms in total. The molecular weight excluding hydrogens is 137 g/mol. The first-order valence-corrected chi connectivity index (χ1v) is 0. The Bertz CT molecular complexity index is 16.9. The molecule has 0 aliphatic heterocycles. The quantitative estimate of drug-likeness (QED) is 0.312. The van der Waals surface area contributed by atoms with Gasteiger partial charge in [-0.1, -0.05) is 0 Å². The summed E-state index contributed by atoms with van der Waals surface area (Å²) in [5.74, 6) is 0. The van der Waals surface area contributed by atoms with E-state index in [1.807, 2.05) is 0 Å². The fourth-order valence-electron chi connectivity index (χ4n) is 0. The van der Waals surface area contributed by atoms with Crippen molar-refractivity contribution in [1.29, 1.82) is 0 Å². The normalized spacial score (nSPS) is 0. The van der Waals surface area contributed by atoms with E-state index in [4.69, 9.17) is 0 Å². The third-order valence-corrected chi connectivity index (χ3v) is 0. The Balaban J connectivity index is 0.